The van der Waals surface area contributed by atoms with E-state index in [0.29, 0.717) is 23.2 Å². The summed E-state index contributed by atoms with van der Waals surface area (Å²) in [5.74, 6) is 1.96. The molecule has 7 nitrogen and oxygen atoms in total. The molecule has 0 spiro atoms. The van der Waals surface area contributed by atoms with Gasteiger partial charge in [-0.05, 0) is 35.8 Å². The number of ether oxygens (including phenoxy) is 2. The van der Waals surface area contributed by atoms with Gasteiger partial charge in [-0.3, -0.25) is 4.79 Å². The second kappa shape index (κ2) is 8.18. The predicted molar refractivity (Wildman–Crippen MR) is 107 cm³/mol. The molecular formula is C22H21N3O4. The molecule has 3 aromatic rings. The van der Waals surface area contributed by atoms with Crippen molar-refractivity contribution in [3.05, 3.63) is 66.1 Å². The Labute approximate surface area is 168 Å². The molecule has 1 N–H and O–H groups in total. The molecule has 0 fully saturated rings. The van der Waals surface area contributed by atoms with Crippen molar-refractivity contribution < 1.29 is 18.8 Å². The van der Waals surface area contributed by atoms with Gasteiger partial charge in [-0.2, -0.15) is 4.98 Å². The Morgan fingerprint density at radius 3 is 2.69 bits per heavy atom. The third-order valence-corrected chi connectivity index (χ3v) is 4.53. The Morgan fingerprint density at radius 2 is 1.90 bits per heavy atom. The van der Waals surface area contributed by atoms with Gasteiger partial charge in [0.25, 0.3) is 0 Å². The number of aromatic nitrogens is 2. The number of hydrogen-bond donors (Lipinski definition) is 1. The van der Waals surface area contributed by atoms with E-state index >= 15 is 0 Å². The monoisotopic (exact) mass is 391 g/mol. The number of carbonyl (C=O) groups excluding carboxylic acids is 1. The number of hydrogen-bond acceptors (Lipinski definition) is 6. The minimum absolute atomic E-state index is 0.0640. The normalized spacial score (nSPS) is 13.8. The Hall–Kier alpha value is -3.61. The minimum atomic E-state index is -0.404. The molecule has 2 aromatic carbocycles. The van der Waals surface area contributed by atoms with E-state index in [1.807, 2.05) is 62.4 Å². The van der Waals surface area contributed by atoms with Gasteiger partial charge in [0.05, 0.1) is 0 Å². The molecular weight excluding hydrogens is 370 g/mol. The lowest BCUT2D eigenvalue weighted by molar-refractivity contribution is -0.117. The van der Waals surface area contributed by atoms with Crippen LogP contribution in [0.25, 0.3) is 17.5 Å². The van der Waals surface area contributed by atoms with Crippen molar-refractivity contribution >= 4 is 12.0 Å². The van der Waals surface area contributed by atoms with Gasteiger partial charge in [0.1, 0.15) is 6.04 Å². The van der Waals surface area contributed by atoms with E-state index in [-0.39, 0.29) is 18.6 Å². The minimum Gasteiger partial charge on any atom is -0.454 e. The summed E-state index contributed by atoms with van der Waals surface area (Å²) in [6, 6.07) is 14.7. The number of nitrogens with zero attached hydrogens (tertiary/aromatic N) is 2. The summed E-state index contributed by atoms with van der Waals surface area (Å²) in [5.41, 5.74) is 1.70. The molecule has 7 heteroatoms. The van der Waals surface area contributed by atoms with E-state index in [2.05, 4.69) is 15.5 Å². The lowest BCUT2D eigenvalue weighted by atomic mass is 10.0. The van der Waals surface area contributed by atoms with Crippen LogP contribution in [0.4, 0.5) is 0 Å². The third-order valence-electron chi connectivity index (χ3n) is 4.53. The van der Waals surface area contributed by atoms with Crippen molar-refractivity contribution in [3.63, 3.8) is 0 Å². The zero-order chi connectivity index (χ0) is 20.2. The molecule has 0 saturated heterocycles. The van der Waals surface area contributed by atoms with Gasteiger partial charge in [0.2, 0.25) is 24.4 Å². The second-order valence-corrected chi connectivity index (χ2v) is 7.00. The topological polar surface area (TPSA) is 86.5 Å². The Balaban J connectivity index is 1.49. The van der Waals surface area contributed by atoms with Crippen LogP contribution in [0.5, 0.6) is 11.5 Å². The van der Waals surface area contributed by atoms with Gasteiger partial charge in [0.15, 0.2) is 11.5 Å². The Bertz CT molecular complexity index is 1030. The average molecular weight is 391 g/mol. The van der Waals surface area contributed by atoms with E-state index in [0.717, 1.165) is 11.1 Å². The summed E-state index contributed by atoms with van der Waals surface area (Å²) in [4.78, 5) is 16.9. The van der Waals surface area contributed by atoms with E-state index in [1.54, 1.807) is 6.08 Å². The van der Waals surface area contributed by atoms with Gasteiger partial charge in [-0.25, -0.2) is 0 Å². The molecule has 1 amide bonds. The molecule has 0 aliphatic carbocycles. The maximum absolute atomic E-state index is 12.4. The average Bonchev–Trinajstić information content (AvgIpc) is 3.40. The van der Waals surface area contributed by atoms with Crippen LogP contribution in [0.1, 0.15) is 31.3 Å². The molecule has 1 atom stereocenters. The third kappa shape index (κ3) is 4.29. The van der Waals surface area contributed by atoms with Crippen LogP contribution in [0, 0.1) is 5.92 Å². The second-order valence-electron chi connectivity index (χ2n) is 7.00. The molecule has 0 radical (unpaired) electrons. The van der Waals surface area contributed by atoms with Crippen LogP contribution >= 0.6 is 0 Å². The first-order chi connectivity index (χ1) is 14.1. The predicted octanol–water partition coefficient (Wildman–Crippen LogP) is 3.99. The van der Waals surface area contributed by atoms with Crippen LogP contribution in [0.3, 0.4) is 0 Å². The van der Waals surface area contributed by atoms with Gasteiger partial charge in [-0.1, -0.05) is 49.3 Å². The van der Waals surface area contributed by atoms with Crippen LogP contribution in [-0.2, 0) is 4.79 Å². The van der Waals surface area contributed by atoms with Crippen molar-refractivity contribution in [3.8, 4) is 22.9 Å². The highest BCUT2D eigenvalue weighted by Crippen LogP contribution is 2.35. The summed E-state index contributed by atoms with van der Waals surface area (Å²) in [7, 11) is 0. The van der Waals surface area contributed by atoms with Crippen molar-refractivity contribution in [2.24, 2.45) is 5.92 Å². The van der Waals surface area contributed by atoms with Crippen LogP contribution in [0.15, 0.2) is 59.1 Å². The first-order valence-electron chi connectivity index (χ1n) is 9.37. The highest BCUT2D eigenvalue weighted by molar-refractivity contribution is 5.91. The standard InChI is InChI=1S/C22H21N3O4/c1-14(2)20(23-19(26)11-8-15-6-4-3-5-7-15)22-24-21(25-29-22)16-9-10-17-18(12-16)28-13-27-17/h3-12,14,20H,13H2,1-2H3,(H,23,26)/b11-8+. The number of rotatable bonds is 6. The lowest BCUT2D eigenvalue weighted by Gasteiger charge is -2.17. The fourth-order valence-corrected chi connectivity index (χ4v) is 2.97. The molecule has 0 saturated carbocycles. The summed E-state index contributed by atoms with van der Waals surface area (Å²) in [5, 5.41) is 7.01. The van der Waals surface area contributed by atoms with E-state index in [1.165, 1.54) is 6.08 Å². The molecule has 1 aliphatic rings. The van der Waals surface area contributed by atoms with Crippen LogP contribution in [0.2, 0.25) is 0 Å². The molecule has 148 valence electrons. The Morgan fingerprint density at radius 1 is 1.10 bits per heavy atom. The Kier molecular flexibility index (Phi) is 5.29. The number of carbonyl (C=O) groups is 1. The van der Waals surface area contributed by atoms with Gasteiger partial charge >= 0.3 is 0 Å². The van der Waals surface area contributed by atoms with Gasteiger partial charge < -0.3 is 19.3 Å². The largest absolute Gasteiger partial charge is 0.454 e. The fourth-order valence-electron chi connectivity index (χ4n) is 2.97. The summed E-state index contributed by atoms with van der Waals surface area (Å²) in [6.45, 7) is 4.17. The van der Waals surface area contributed by atoms with E-state index in [9.17, 15) is 4.79 Å². The van der Waals surface area contributed by atoms with E-state index in [4.69, 9.17) is 14.0 Å². The molecule has 1 aromatic heterocycles. The number of nitrogens with one attached hydrogen (secondary N) is 1. The maximum Gasteiger partial charge on any atom is 0.249 e. The number of benzene rings is 2. The van der Waals surface area contributed by atoms with Gasteiger partial charge in [0, 0.05) is 11.6 Å². The summed E-state index contributed by atoms with van der Waals surface area (Å²) in [6.07, 6.45) is 3.26. The zero-order valence-corrected chi connectivity index (χ0v) is 16.2. The SMILES string of the molecule is CC(C)C(NC(=O)/C=C/c1ccccc1)c1nc(-c2ccc3c(c2)OCO3)no1. The molecule has 0 bridgehead atoms. The quantitative estimate of drug-likeness (QED) is 0.640. The molecule has 4 rings (SSSR count). The first-order valence-corrected chi connectivity index (χ1v) is 9.37. The van der Waals surface area contributed by atoms with Crippen molar-refractivity contribution in [1.29, 1.82) is 0 Å². The van der Waals surface area contributed by atoms with Crippen molar-refractivity contribution in [2.75, 3.05) is 6.79 Å². The van der Waals surface area contributed by atoms with Gasteiger partial charge in [-0.15, -0.1) is 0 Å². The smallest absolute Gasteiger partial charge is 0.249 e. The van der Waals surface area contributed by atoms with Crippen molar-refractivity contribution in [2.45, 2.75) is 19.9 Å². The first kappa shape index (κ1) is 18.7. The maximum atomic E-state index is 12.4. The summed E-state index contributed by atoms with van der Waals surface area (Å²) >= 11 is 0. The number of amides is 1. The molecule has 2 heterocycles. The highest BCUT2D eigenvalue weighted by Gasteiger charge is 2.25. The van der Waals surface area contributed by atoms with Crippen molar-refractivity contribution in [1.82, 2.24) is 15.5 Å². The molecule has 1 aliphatic heterocycles. The fraction of sp³-hybridized carbons (Fsp3) is 0.227. The summed E-state index contributed by atoms with van der Waals surface area (Å²) < 4.78 is 16.2. The molecule has 29 heavy (non-hydrogen) atoms. The van der Waals surface area contributed by atoms with Crippen LogP contribution in [-0.4, -0.2) is 22.8 Å². The number of fused-ring (bicyclic) bond motifs is 1. The highest BCUT2D eigenvalue weighted by atomic mass is 16.7. The van der Waals surface area contributed by atoms with E-state index < -0.39 is 6.04 Å². The van der Waals surface area contributed by atoms with Crippen LogP contribution < -0.4 is 14.8 Å². The lowest BCUT2D eigenvalue weighted by Crippen LogP contribution is -2.30. The molecule has 1 unspecified atom stereocenters. The zero-order valence-electron chi connectivity index (χ0n) is 16.2.